The van der Waals surface area contributed by atoms with E-state index in [0.717, 1.165) is 41.2 Å². The van der Waals surface area contributed by atoms with Crippen LogP contribution in [0.5, 0.6) is 5.75 Å². The van der Waals surface area contributed by atoms with Gasteiger partial charge in [0, 0.05) is 16.1 Å². The monoisotopic (exact) mass is 239 g/mol. The molecule has 0 unspecified atom stereocenters. The Kier molecular flexibility index (Phi) is 2.89. The number of hydrogen-bond acceptors (Lipinski definition) is 2. The first kappa shape index (κ1) is 11.7. The van der Waals surface area contributed by atoms with Crippen molar-refractivity contribution in [3.05, 3.63) is 27.8 Å². The van der Waals surface area contributed by atoms with Gasteiger partial charge in [-0.15, -0.1) is 0 Å². The molecule has 3 heteroatoms. The van der Waals surface area contributed by atoms with E-state index in [1.54, 1.807) is 7.11 Å². The van der Waals surface area contributed by atoms with Crippen LogP contribution in [0.3, 0.4) is 0 Å². The minimum atomic E-state index is -0.0187. The third-order valence-corrected chi connectivity index (χ3v) is 3.80. The summed E-state index contributed by atoms with van der Waals surface area (Å²) >= 11 is 6.20. The molecule has 0 amide bonds. The normalized spacial score (nSPS) is 17.3. The summed E-state index contributed by atoms with van der Waals surface area (Å²) in [5, 5.41) is 0.803. The van der Waals surface area contributed by atoms with E-state index in [1.807, 2.05) is 19.9 Å². The summed E-state index contributed by atoms with van der Waals surface area (Å²) in [5.74, 6) is 0.943. The number of hydrogen-bond donors (Lipinski definition) is 1. The average molecular weight is 240 g/mol. The Morgan fingerprint density at radius 1 is 1.44 bits per heavy atom. The van der Waals surface area contributed by atoms with E-state index < -0.39 is 0 Å². The number of aryl methyl sites for hydroxylation is 1. The molecule has 2 rings (SSSR count). The van der Waals surface area contributed by atoms with Crippen molar-refractivity contribution in [3.8, 4) is 5.75 Å². The number of methoxy groups -OCH3 is 1. The van der Waals surface area contributed by atoms with Crippen molar-refractivity contribution >= 4 is 11.6 Å². The molecule has 1 aromatic carbocycles. The number of rotatable bonds is 3. The fourth-order valence-electron chi connectivity index (χ4n) is 2.10. The Bertz CT molecular complexity index is 424. The minimum Gasteiger partial charge on any atom is -0.496 e. The molecule has 16 heavy (non-hydrogen) atoms. The Labute approximate surface area is 102 Å². The zero-order chi connectivity index (χ0) is 11.9. The predicted molar refractivity (Wildman–Crippen MR) is 67.3 cm³/mol. The highest BCUT2D eigenvalue weighted by Gasteiger charge is 2.39. The van der Waals surface area contributed by atoms with Gasteiger partial charge in [-0.25, -0.2) is 0 Å². The lowest BCUT2D eigenvalue weighted by Crippen LogP contribution is -2.25. The average Bonchev–Trinajstić information content (AvgIpc) is 2.93. The first-order chi connectivity index (χ1) is 7.47. The Balaban J connectivity index is 2.47. The van der Waals surface area contributed by atoms with Gasteiger partial charge in [-0.3, -0.25) is 0 Å². The van der Waals surface area contributed by atoms with Crippen molar-refractivity contribution in [2.45, 2.75) is 38.6 Å². The Morgan fingerprint density at radius 2 is 2.06 bits per heavy atom. The van der Waals surface area contributed by atoms with Crippen LogP contribution in [0.25, 0.3) is 0 Å². The van der Waals surface area contributed by atoms with Crippen LogP contribution in [-0.2, 0) is 6.42 Å². The smallest absolute Gasteiger partial charge is 0.125 e. The van der Waals surface area contributed by atoms with Gasteiger partial charge in [0.1, 0.15) is 5.75 Å². The van der Waals surface area contributed by atoms with Crippen molar-refractivity contribution in [1.82, 2.24) is 0 Å². The van der Waals surface area contributed by atoms with E-state index in [0.29, 0.717) is 0 Å². The second-order valence-electron chi connectivity index (χ2n) is 4.85. The van der Waals surface area contributed by atoms with Crippen LogP contribution in [-0.4, -0.2) is 12.6 Å². The summed E-state index contributed by atoms with van der Waals surface area (Å²) in [6, 6.07) is 1.95. The largest absolute Gasteiger partial charge is 0.496 e. The molecule has 0 saturated heterocycles. The van der Waals surface area contributed by atoms with Crippen LogP contribution in [0, 0.1) is 13.8 Å². The Morgan fingerprint density at radius 3 is 2.56 bits per heavy atom. The molecule has 0 atom stereocenters. The van der Waals surface area contributed by atoms with Crippen molar-refractivity contribution in [2.24, 2.45) is 5.73 Å². The third kappa shape index (κ3) is 2.04. The van der Waals surface area contributed by atoms with Crippen molar-refractivity contribution in [3.63, 3.8) is 0 Å². The lowest BCUT2D eigenvalue weighted by Gasteiger charge is -2.18. The van der Waals surface area contributed by atoms with Crippen molar-refractivity contribution in [1.29, 1.82) is 0 Å². The quantitative estimate of drug-likeness (QED) is 0.880. The molecule has 0 spiro atoms. The van der Waals surface area contributed by atoms with Gasteiger partial charge in [0.15, 0.2) is 0 Å². The molecule has 1 aliphatic rings. The van der Waals surface area contributed by atoms with E-state index in [-0.39, 0.29) is 5.54 Å². The van der Waals surface area contributed by atoms with Gasteiger partial charge in [0.25, 0.3) is 0 Å². The van der Waals surface area contributed by atoms with Crippen LogP contribution < -0.4 is 10.5 Å². The minimum absolute atomic E-state index is 0.0187. The molecular weight excluding hydrogens is 222 g/mol. The van der Waals surface area contributed by atoms with E-state index in [9.17, 15) is 0 Å². The molecule has 0 aromatic heterocycles. The highest BCUT2D eigenvalue weighted by molar-refractivity contribution is 6.31. The molecule has 0 heterocycles. The molecular formula is C13H18ClNO. The highest BCUT2D eigenvalue weighted by Crippen LogP contribution is 2.41. The second-order valence-corrected chi connectivity index (χ2v) is 5.26. The Hall–Kier alpha value is -0.730. The zero-order valence-electron chi connectivity index (χ0n) is 10.1. The molecule has 2 N–H and O–H groups in total. The first-order valence-electron chi connectivity index (χ1n) is 5.58. The molecule has 0 bridgehead atoms. The number of ether oxygens (including phenoxy) is 1. The number of halogens is 1. The lowest BCUT2D eigenvalue weighted by atomic mass is 9.96. The highest BCUT2D eigenvalue weighted by atomic mass is 35.5. The van der Waals surface area contributed by atoms with Crippen LogP contribution in [0.2, 0.25) is 5.02 Å². The van der Waals surface area contributed by atoms with Gasteiger partial charge >= 0.3 is 0 Å². The van der Waals surface area contributed by atoms with Gasteiger partial charge in [-0.2, -0.15) is 0 Å². The predicted octanol–water partition coefficient (Wildman–Crippen LogP) is 3.00. The first-order valence-corrected chi connectivity index (χ1v) is 5.96. The van der Waals surface area contributed by atoms with Gasteiger partial charge in [0.2, 0.25) is 0 Å². The topological polar surface area (TPSA) is 35.2 Å². The van der Waals surface area contributed by atoms with Crippen LogP contribution in [0.15, 0.2) is 6.07 Å². The maximum atomic E-state index is 6.20. The molecule has 1 saturated carbocycles. The standard InChI is InChI=1S/C13H18ClNO/c1-8-6-11(14)9(2)10(12(8)16-3)7-13(15)4-5-13/h6H,4-5,7,15H2,1-3H3. The molecule has 88 valence electrons. The summed E-state index contributed by atoms with van der Waals surface area (Å²) in [6.07, 6.45) is 3.06. The van der Waals surface area contributed by atoms with Gasteiger partial charge in [-0.1, -0.05) is 11.6 Å². The van der Waals surface area contributed by atoms with Gasteiger partial charge < -0.3 is 10.5 Å². The third-order valence-electron chi connectivity index (χ3n) is 3.41. The van der Waals surface area contributed by atoms with Crippen molar-refractivity contribution < 1.29 is 4.74 Å². The SMILES string of the molecule is COc1c(C)cc(Cl)c(C)c1CC1(N)CC1. The van der Waals surface area contributed by atoms with E-state index in [4.69, 9.17) is 22.1 Å². The summed E-state index contributed by atoms with van der Waals surface area (Å²) in [4.78, 5) is 0. The fourth-order valence-corrected chi connectivity index (χ4v) is 2.38. The maximum absolute atomic E-state index is 6.20. The number of benzene rings is 1. The number of nitrogens with two attached hydrogens (primary N) is 1. The molecule has 1 aromatic rings. The van der Waals surface area contributed by atoms with Crippen molar-refractivity contribution in [2.75, 3.05) is 7.11 Å². The van der Waals surface area contributed by atoms with E-state index in [2.05, 4.69) is 0 Å². The zero-order valence-corrected chi connectivity index (χ0v) is 10.8. The summed E-state index contributed by atoms with van der Waals surface area (Å²) in [7, 11) is 1.70. The molecule has 0 radical (unpaired) electrons. The summed E-state index contributed by atoms with van der Waals surface area (Å²) < 4.78 is 5.47. The molecule has 1 fully saturated rings. The molecule has 2 nitrogen and oxygen atoms in total. The molecule has 1 aliphatic carbocycles. The van der Waals surface area contributed by atoms with Crippen LogP contribution in [0.1, 0.15) is 29.5 Å². The lowest BCUT2D eigenvalue weighted by molar-refractivity contribution is 0.403. The van der Waals surface area contributed by atoms with Crippen LogP contribution >= 0.6 is 11.6 Å². The summed E-state index contributed by atoms with van der Waals surface area (Å²) in [5.41, 5.74) is 9.51. The maximum Gasteiger partial charge on any atom is 0.125 e. The fraction of sp³-hybridized carbons (Fsp3) is 0.538. The summed E-state index contributed by atoms with van der Waals surface area (Å²) in [6.45, 7) is 4.05. The van der Waals surface area contributed by atoms with Crippen LogP contribution in [0.4, 0.5) is 0 Å². The second kappa shape index (κ2) is 3.94. The van der Waals surface area contributed by atoms with Gasteiger partial charge in [-0.05, 0) is 50.3 Å². The van der Waals surface area contributed by atoms with Gasteiger partial charge in [0.05, 0.1) is 7.11 Å². The molecule has 0 aliphatic heterocycles. The van der Waals surface area contributed by atoms with E-state index >= 15 is 0 Å². The van der Waals surface area contributed by atoms with E-state index in [1.165, 1.54) is 5.56 Å².